The minimum Gasteiger partial charge on any atom is -0.355 e. The molecule has 0 heterocycles. The summed E-state index contributed by atoms with van der Waals surface area (Å²) in [6.45, 7) is 4.87. The molecule has 3 nitrogen and oxygen atoms in total. The van der Waals surface area contributed by atoms with Crippen LogP contribution in [0, 0.1) is 5.92 Å². The second kappa shape index (κ2) is 8.70. The third kappa shape index (κ3) is 5.88. The zero-order chi connectivity index (χ0) is 14.1. The van der Waals surface area contributed by atoms with Crippen LogP contribution in [0.5, 0.6) is 0 Å². The summed E-state index contributed by atoms with van der Waals surface area (Å²) >= 11 is 0. The second-order valence-corrected chi connectivity index (χ2v) is 5.03. The van der Waals surface area contributed by atoms with E-state index < -0.39 is 0 Å². The van der Waals surface area contributed by atoms with E-state index in [1.807, 2.05) is 30.3 Å². The van der Waals surface area contributed by atoms with Crippen LogP contribution in [0.4, 0.5) is 0 Å². The number of amides is 1. The molecule has 1 aromatic rings. The van der Waals surface area contributed by atoms with Gasteiger partial charge < -0.3 is 11.1 Å². The normalized spacial score (nSPS) is 12.4. The molecule has 1 aromatic carbocycles. The lowest BCUT2D eigenvalue weighted by Gasteiger charge is -2.21. The maximum absolute atomic E-state index is 11.8. The Balaban J connectivity index is 2.24. The topological polar surface area (TPSA) is 55.1 Å². The Morgan fingerprint density at radius 3 is 2.42 bits per heavy atom. The lowest BCUT2D eigenvalue weighted by molar-refractivity contribution is -0.121. The van der Waals surface area contributed by atoms with Gasteiger partial charge in [0, 0.05) is 19.0 Å². The number of aryl methyl sites for hydroxylation is 1. The van der Waals surface area contributed by atoms with Crippen LogP contribution in [0.15, 0.2) is 30.3 Å². The first-order valence-electron chi connectivity index (χ1n) is 7.23. The highest BCUT2D eigenvalue weighted by molar-refractivity contribution is 5.76. The maximum atomic E-state index is 11.8. The van der Waals surface area contributed by atoms with Crippen molar-refractivity contribution in [3.63, 3.8) is 0 Å². The van der Waals surface area contributed by atoms with Crippen LogP contribution in [0.2, 0.25) is 0 Å². The first kappa shape index (κ1) is 15.7. The predicted molar refractivity (Wildman–Crippen MR) is 79.8 cm³/mol. The van der Waals surface area contributed by atoms with E-state index >= 15 is 0 Å². The van der Waals surface area contributed by atoms with E-state index in [4.69, 9.17) is 5.73 Å². The zero-order valence-corrected chi connectivity index (χ0v) is 12.1. The van der Waals surface area contributed by atoms with Crippen molar-refractivity contribution >= 4 is 5.91 Å². The lowest BCUT2D eigenvalue weighted by Crippen LogP contribution is -2.41. The van der Waals surface area contributed by atoms with Crippen LogP contribution in [-0.2, 0) is 11.2 Å². The van der Waals surface area contributed by atoms with E-state index in [1.165, 1.54) is 5.56 Å². The highest BCUT2D eigenvalue weighted by atomic mass is 16.1. The fourth-order valence-electron chi connectivity index (χ4n) is 2.28. The van der Waals surface area contributed by atoms with Gasteiger partial charge in [0.05, 0.1) is 0 Å². The van der Waals surface area contributed by atoms with Crippen LogP contribution < -0.4 is 11.1 Å². The van der Waals surface area contributed by atoms with Crippen LogP contribution in [0.3, 0.4) is 0 Å². The fraction of sp³-hybridized carbons (Fsp3) is 0.562. The van der Waals surface area contributed by atoms with Crippen molar-refractivity contribution < 1.29 is 4.79 Å². The molecule has 19 heavy (non-hydrogen) atoms. The van der Waals surface area contributed by atoms with Gasteiger partial charge in [0.15, 0.2) is 0 Å². The van der Waals surface area contributed by atoms with Gasteiger partial charge in [-0.3, -0.25) is 4.79 Å². The third-order valence-electron chi connectivity index (χ3n) is 3.67. The average Bonchev–Trinajstić information content (AvgIpc) is 2.45. The second-order valence-electron chi connectivity index (χ2n) is 5.03. The SMILES string of the molecule is CCC(CC)C(N)CNC(=O)CCc1ccccc1. The predicted octanol–water partition coefficient (Wildman–Crippen LogP) is 2.50. The van der Waals surface area contributed by atoms with Crippen LogP contribution in [-0.4, -0.2) is 18.5 Å². The summed E-state index contributed by atoms with van der Waals surface area (Å²) in [6.07, 6.45) is 3.45. The van der Waals surface area contributed by atoms with Gasteiger partial charge in [-0.1, -0.05) is 57.0 Å². The number of nitrogens with one attached hydrogen (secondary N) is 1. The Labute approximate surface area is 116 Å². The lowest BCUT2D eigenvalue weighted by atomic mass is 9.95. The molecule has 0 saturated carbocycles. The van der Waals surface area contributed by atoms with E-state index in [0.717, 1.165) is 19.3 Å². The van der Waals surface area contributed by atoms with Gasteiger partial charge in [0.1, 0.15) is 0 Å². The first-order valence-corrected chi connectivity index (χ1v) is 7.23. The molecule has 0 aliphatic rings. The molecule has 0 aliphatic heterocycles. The number of rotatable bonds is 8. The summed E-state index contributed by atoms with van der Waals surface area (Å²) < 4.78 is 0. The van der Waals surface area contributed by atoms with Crippen LogP contribution in [0.1, 0.15) is 38.7 Å². The number of carbonyl (C=O) groups excluding carboxylic acids is 1. The van der Waals surface area contributed by atoms with E-state index in [-0.39, 0.29) is 11.9 Å². The molecule has 1 rings (SSSR count). The summed E-state index contributed by atoms with van der Waals surface area (Å²) in [5, 5.41) is 2.94. The summed E-state index contributed by atoms with van der Waals surface area (Å²) in [5.41, 5.74) is 7.28. The summed E-state index contributed by atoms with van der Waals surface area (Å²) in [6, 6.07) is 10.1. The molecule has 0 saturated heterocycles. The molecule has 1 unspecified atom stereocenters. The van der Waals surface area contributed by atoms with E-state index in [9.17, 15) is 4.79 Å². The molecule has 0 radical (unpaired) electrons. The highest BCUT2D eigenvalue weighted by Crippen LogP contribution is 2.10. The fourth-order valence-corrected chi connectivity index (χ4v) is 2.28. The van der Waals surface area contributed by atoms with Gasteiger partial charge in [0.2, 0.25) is 5.91 Å². The zero-order valence-electron chi connectivity index (χ0n) is 12.1. The molecular weight excluding hydrogens is 236 g/mol. The van der Waals surface area contributed by atoms with Crippen LogP contribution in [0.25, 0.3) is 0 Å². The molecule has 0 fully saturated rings. The highest BCUT2D eigenvalue weighted by Gasteiger charge is 2.14. The van der Waals surface area contributed by atoms with Gasteiger partial charge in [-0.05, 0) is 17.9 Å². The van der Waals surface area contributed by atoms with Crippen molar-refractivity contribution in [3.8, 4) is 0 Å². The standard InChI is InChI=1S/C16H26N2O/c1-3-14(4-2)15(17)12-18-16(19)11-10-13-8-6-5-7-9-13/h5-9,14-15H,3-4,10-12,17H2,1-2H3,(H,18,19). The number of carbonyl (C=O) groups is 1. The number of hydrogen-bond donors (Lipinski definition) is 2. The molecule has 0 aliphatic carbocycles. The van der Waals surface area contributed by atoms with Gasteiger partial charge in [-0.25, -0.2) is 0 Å². The van der Waals surface area contributed by atoms with Gasteiger partial charge in [-0.15, -0.1) is 0 Å². The molecule has 3 N–H and O–H groups in total. The summed E-state index contributed by atoms with van der Waals surface area (Å²) in [5.74, 6) is 0.583. The summed E-state index contributed by atoms with van der Waals surface area (Å²) in [7, 11) is 0. The van der Waals surface area contributed by atoms with Gasteiger partial charge in [0.25, 0.3) is 0 Å². The maximum Gasteiger partial charge on any atom is 0.220 e. The van der Waals surface area contributed by atoms with Crippen molar-refractivity contribution in [3.05, 3.63) is 35.9 Å². The van der Waals surface area contributed by atoms with Gasteiger partial charge >= 0.3 is 0 Å². The van der Waals surface area contributed by atoms with Crippen molar-refractivity contribution in [1.29, 1.82) is 0 Å². The molecule has 106 valence electrons. The average molecular weight is 262 g/mol. The Kier molecular flexibility index (Phi) is 7.19. The minimum absolute atomic E-state index is 0.0654. The van der Waals surface area contributed by atoms with Crippen molar-refractivity contribution in [2.24, 2.45) is 11.7 Å². The molecule has 0 spiro atoms. The van der Waals surface area contributed by atoms with Gasteiger partial charge in [-0.2, -0.15) is 0 Å². The molecular formula is C16H26N2O. The Morgan fingerprint density at radius 2 is 1.84 bits per heavy atom. The number of benzene rings is 1. The quantitative estimate of drug-likeness (QED) is 0.756. The van der Waals surface area contributed by atoms with Crippen molar-refractivity contribution in [2.75, 3.05) is 6.54 Å². The Hall–Kier alpha value is -1.35. The van der Waals surface area contributed by atoms with E-state index in [0.29, 0.717) is 18.9 Å². The molecule has 3 heteroatoms. The first-order chi connectivity index (χ1) is 9.17. The molecule has 0 bridgehead atoms. The minimum atomic E-state index is 0.0654. The van der Waals surface area contributed by atoms with Crippen molar-refractivity contribution in [1.82, 2.24) is 5.32 Å². The molecule has 0 aromatic heterocycles. The van der Waals surface area contributed by atoms with E-state index in [1.54, 1.807) is 0 Å². The van der Waals surface area contributed by atoms with Crippen molar-refractivity contribution in [2.45, 2.75) is 45.6 Å². The van der Waals surface area contributed by atoms with E-state index in [2.05, 4.69) is 19.2 Å². The van der Waals surface area contributed by atoms with Crippen LogP contribution >= 0.6 is 0 Å². The smallest absolute Gasteiger partial charge is 0.220 e. The number of nitrogens with two attached hydrogens (primary N) is 1. The third-order valence-corrected chi connectivity index (χ3v) is 3.67. The molecule has 1 amide bonds. The Morgan fingerprint density at radius 1 is 1.21 bits per heavy atom. The monoisotopic (exact) mass is 262 g/mol. The number of hydrogen-bond acceptors (Lipinski definition) is 2. The summed E-state index contributed by atoms with van der Waals surface area (Å²) in [4.78, 5) is 11.8. The molecule has 1 atom stereocenters. The Bertz CT molecular complexity index is 360. The largest absolute Gasteiger partial charge is 0.355 e.